The molecule has 0 spiro atoms. The van der Waals surface area contributed by atoms with Crippen molar-refractivity contribution in [3.8, 4) is 0 Å². The van der Waals surface area contributed by atoms with Crippen LogP contribution in [0.25, 0.3) is 0 Å². The second-order valence-electron chi connectivity index (χ2n) is 5.16. The molecular formula is C14H22N4O. The molecule has 0 saturated carbocycles. The summed E-state index contributed by atoms with van der Waals surface area (Å²) in [5.74, 6) is 0.999. The number of amidine groups is 1. The van der Waals surface area contributed by atoms with Gasteiger partial charge in [-0.2, -0.15) is 0 Å². The zero-order valence-electron chi connectivity index (χ0n) is 11.8. The van der Waals surface area contributed by atoms with Crippen LogP contribution in [0.5, 0.6) is 0 Å². The van der Waals surface area contributed by atoms with Crippen LogP contribution in [-0.2, 0) is 0 Å². The van der Waals surface area contributed by atoms with Crippen LogP contribution in [-0.4, -0.2) is 28.6 Å². The molecular weight excluding hydrogens is 240 g/mol. The van der Waals surface area contributed by atoms with E-state index in [1.807, 2.05) is 19.9 Å². The zero-order chi connectivity index (χ0) is 14.0. The number of nitrogens with two attached hydrogens (primary N) is 1. The van der Waals surface area contributed by atoms with Crippen LogP contribution in [0.15, 0.2) is 11.2 Å². The van der Waals surface area contributed by atoms with Crippen LogP contribution in [0, 0.1) is 13.8 Å². The topological polar surface area (TPSA) is 74.7 Å². The highest BCUT2D eigenvalue weighted by Gasteiger charge is 2.28. The number of aryl methyl sites for hydroxylation is 2. The molecule has 1 aromatic heterocycles. The highest BCUT2D eigenvalue weighted by Crippen LogP contribution is 2.30. The van der Waals surface area contributed by atoms with E-state index in [1.54, 1.807) is 0 Å². The number of rotatable bonds is 3. The fourth-order valence-corrected chi connectivity index (χ4v) is 2.93. The lowest BCUT2D eigenvalue weighted by molar-refractivity contribution is 0.318. The van der Waals surface area contributed by atoms with Gasteiger partial charge in [0.25, 0.3) is 0 Å². The third kappa shape index (κ3) is 2.50. The Morgan fingerprint density at radius 2 is 2.32 bits per heavy atom. The Kier molecular flexibility index (Phi) is 3.93. The summed E-state index contributed by atoms with van der Waals surface area (Å²) in [7, 11) is 0. The van der Waals surface area contributed by atoms with Gasteiger partial charge in [0.15, 0.2) is 5.84 Å². The predicted octanol–water partition coefficient (Wildman–Crippen LogP) is 2.17. The molecule has 2 heterocycles. The van der Waals surface area contributed by atoms with E-state index < -0.39 is 0 Å². The summed E-state index contributed by atoms with van der Waals surface area (Å²) in [5.41, 5.74) is 8.55. The van der Waals surface area contributed by atoms with E-state index in [2.05, 4.69) is 22.0 Å². The molecule has 1 unspecified atom stereocenters. The van der Waals surface area contributed by atoms with Gasteiger partial charge in [0.05, 0.1) is 5.56 Å². The molecule has 1 aromatic rings. The maximum absolute atomic E-state index is 8.99. The Balaban J connectivity index is 2.54. The highest BCUT2D eigenvalue weighted by atomic mass is 16.4. The fraction of sp³-hybridized carbons (Fsp3) is 0.571. The summed E-state index contributed by atoms with van der Waals surface area (Å²) < 4.78 is 0. The average molecular weight is 262 g/mol. The minimum atomic E-state index is 0.141. The van der Waals surface area contributed by atoms with E-state index in [-0.39, 0.29) is 5.84 Å². The Morgan fingerprint density at radius 1 is 1.58 bits per heavy atom. The van der Waals surface area contributed by atoms with Crippen LogP contribution in [0.2, 0.25) is 0 Å². The molecule has 1 aliphatic rings. The van der Waals surface area contributed by atoms with Gasteiger partial charge in [0, 0.05) is 18.3 Å². The third-order valence-corrected chi connectivity index (χ3v) is 3.81. The van der Waals surface area contributed by atoms with E-state index in [1.165, 1.54) is 12.8 Å². The van der Waals surface area contributed by atoms with Crippen LogP contribution >= 0.6 is 0 Å². The van der Waals surface area contributed by atoms with Crippen molar-refractivity contribution >= 4 is 11.7 Å². The molecule has 0 aliphatic carbocycles. The number of hydrogen-bond donors (Lipinski definition) is 2. The second-order valence-corrected chi connectivity index (χ2v) is 5.16. The van der Waals surface area contributed by atoms with E-state index in [0.717, 1.165) is 35.6 Å². The van der Waals surface area contributed by atoms with E-state index in [9.17, 15) is 0 Å². The molecule has 1 aliphatic heterocycles. The first-order valence-corrected chi connectivity index (χ1v) is 6.81. The molecule has 2 rings (SSSR count). The van der Waals surface area contributed by atoms with Crippen molar-refractivity contribution in [2.24, 2.45) is 10.9 Å². The summed E-state index contributed by atoms with van der Waals surface area (Å²) in [6, 6.07) is 2.47. The summed E-state index contributed by atoms with van der Waals surface area (Å²) in [4.78, 5) is 6.94. The number of hydrogen-bond acceptors (Lipinski definition) is 4. The number of anilines is 1. The fourth-order valence-electron chi connectivity index (χ4n) is 2.93. The monoisotopic (exact) mass is 262 g/mol. The maximum atomic E-state index is 8.99. The molecule has 0 bridgehead atoms. The van der Waals surface area contributed by atoms with Crippen molar-refractivity contribution in [1.82, 2.24) is 4.98 Å². The van der Waals surface area contributed by atoms with Crippen LogP contribution in [0.1, 0.15) is 43.0 Å². The van der Waals surface area contributed by atoms with Gasteiger partial charge in [-0.25, -0.2) is 4.98 Å². The molecule has 0 radical (unpaired) electrons. The average Bonchev–Trinajstić information content (AvgIpc) is 2.85. The summed E-state index contributed by atoms with van der Waals surface area (Å²) in [6.45, 7) is 7.13. The van der Waals surface area contributed by atoms with Gasteiger partial charge in [0.2, 0.25) is 0 Å². The number of pyridine rings is 1. The first kappa shape index (κ1) is 13.6. The minimum Gasteiger partial charge on any atom is -0.409 e. The Hall–Kier alpha value is -1.78. The van der Waals surface area contributed by atoms with E-state index in [4.69, 9.17) is 10.9 Å². The lowest BCUT2D eigenvalue weighted by Crippen LogP contribution is -2.32. The Labute approximate surface area is 114 Å². The normalized spacial score (nSPS) is 20.1. The second kappa shape index (κ2) is 5.47. The number of aromatic nitrogens is 1. The minimum absolute atomic E-state index is 0.141. The molecule has 5 nitrogen and oxygen atoms in total. The quantitative estimate of drug-likeness (QED) is 0.379. The molecule has 3 N–H and O–H groups in total. The van der Waals surface area contributed by atoms with Crippen LogP contribution < -0.4 is 10.6 Å². The summed E-state index contributed by atoms with van der Waals surface area (Å²) in [5, 5.41) is 12.1. The van der Waals surface area contributed by atoms with Crippen molar-refractivity contribution in [2.75, 3.05) is 11.4 Å². The molecule has 0 amide bonds. The van der Waals surface area contributed by atoms with Gasteiger partial charge in [-0.15, -0.1) is 0 Å². The van der Waals surface area contributed by atoms with Crippen molar-refractivity contribution < 1.29 is 5.21 Å². The molecule has 0 aromatic carbocycles. The Morgan fingerprint density at radius 3 is 2.95 bits per heavy atom. The molecule has 1 fully saturated rings. The summed E-state index contributed by atoms with van der Waals surface area (Å²) in [6.07, 6.45) is 3.44. The molecule has 1 saturated heterocycles. The standard InChI is InChI=1S/C14H22N4O/c1-4-11-6-5-7-18(11)14-12(13(15)17-19)9(2)8-10(3)16-14/h8,11,19H,4-7H2,1-3H3,(H2,15,17). The van der Waals surface area contributed by atoms with Gasteiger partial charge in [0.1, 0.15) is 5.82 Å². The van der Waals surface area contributed by atoms with Gasteiger partial charge in [-0.1, -0.05) is 12.1 Å². The van der Waals surface area contributed by atoms with Crippen molar-refractivity contribution in [3.05, 3.63) is 22.9 Å². The predicted molar refractivity (Wildman–Crippen MR) is 76.9 cm³/mol. The first-order valence-electron chi connectivity index (χ1n) is 6.81. The van der Waals surface area contributed by atoms with Gasteiger partial charge in [-0.3, -0.25) is 0 Å². The van der Waals surface area contributed by atoms with Crippen molar-refractivity contribution in [3.63, 3.8) is 0 Å². The van der Waals surface area contributed by atoms with Crippen molar-refractivity contribution in [1.29, 1.82) is 0 Å². The number of oxime groups is 1. The largest absolute Gasteiger partial charge is 0.409 e. The SMILES string of the molecule is CCC1CCCN1c1nc(C)cc(C)c1/C(N)=N/O. The number of nitrogens with zero attached hydrogens (tertiary/aromatic N) is 3. The third-order valence-electron chi connectivity index (χ3n) is 3.81. The first-order chi connectivity index (χ1) is 9.08. The van der Waals surface area contributed by atoms with Crippen molar-refractivity contribution in [2.45, 2.75) is 46.1 Å². The molecule has 1 atom stereocenters. The summed E-state index contributed by atoms with van der Waals surface area (Å²) >= 11 is 0. The zero-order valence-corrected chi connectivity index (χ0v) is 11.8. The van der Waals surface area contributed by atoms with E-state index in [0.29, 0.717) is 6.04 Å². The Bertz CT molecular complexity index is 498. The van der Waals surface area contributed by atoms with Gasteiger partial charge < -0.3 is 15.8 Å². The smallest absolute Gasteiger partial charge is 0.174 e. The van der Waals surface area contributed by atoms with Crippen LogP contribution in [0.3, 0.4) is 0 Å². The van der Waals surface area contributed by atoms with Gasteiger partial charge in [-0.05, 0) is 44.7 Å². The molecule has 5 heteroatoms. The highest BCUT2D eigenvalue weighted by molar-refractivity contribution is 6.02. The van der Waals surface area contributed by atoms with Gasteiger partial charge >= 0.3 is 0 Å². The maximum Gasteiger partial charge on any atom is 0.174 e. The molecule has 104 valence electrons. The lowest BCUT2D eigenvalue weighted by atomic mass is 10.1. The lowest BCUT2D eigenvalue weighted by Gasteiger charge is -2.27. The molecule has 19 heavy (non-hydrogen) atoms. The van der Waals surface area contributed by atoms with E-state index >= 15 is 0 Å². The van der Waals surface area contributed by atoms with Crippen LogP contribution in [0.4, 0.5) is 5.82 Å².